The van der Waals surface area contributed by atoms with Crippen LogP contribution in [0.5, 0.6) is 0 Å². The summed E-state index contributed by atoms with van der Waals surface area (Å²) >= 11 is 0. The van der Waals surface area contributed by atoms with Gasteiger partial charge < -0.3 is 15.3 Å². The van der Waals surface area contributed by atoms with Crippen molar-refractivity contribution in [1.29, 1.82) is 0 Å². The number of hydrogen-bond donors (Lipinski definition) is 3. The summed E-state index contributed by atoms with van der Waals surface area (Å²) in [5, 5.41) is 29.1. The van der Waals surface area contributed by atoms with E-state index in [-0.39, 0.29) is 24.4 Å². The Labute approximate surface area is 145 Å². The van der Waals surface area contributed by atoms with E-state index in [2.05, 4.69) is 13.0 Å². The third-order valence-corrected chi connectivity index (χ3v) is 5.90. The molecule has 3 N–H and O–H groups in total. The minimum Gasteiger partial charge on any atom is -0.481 e. The van der Waals surface area contributed by atoms with E-state index in [1.54, 1.807) is 0 Å². The maximum absolute atomic E-state index is 10.6. The Morgan fingerprint density at radius 2 is 2.12 bits per heavy atom. The number of unbranched alkanes of at least 4 members (excludes halogenated alkanes) is 1. The molecule has 2 aliphatic rings. The van der Waals surface area contributed by atoms with Crippen LogP contribution in [0.1, 0.15) is 58.8 Å². The first-order valence-electron chi connectivity index (χ1n) is 9.36. The summed E-state index contributed by atoms with van der Waals surface area (Å²) in [4.78, 5) is 10.6. The summed E-state index contributed by atoms with van der Waals surface area (Å²) in [5.41, 5.74) is 1.42. The fraction of sp³-hybridized carbons (Fsp3) is 0.750. The number of carbonyl (C=O) groups is 1. The van der Waals surface area contributed by atoms with Gasteiger partial charge >= 0.3 is 5.97 Å². The minimum atomic E-state index is -0.732. The van der Waals surface area contributed by atoms with E-state index >= 15 is 0 Å². The van der Waals surface area contributed by atoms with Crippen molar-refractivity contribution in [3.63, 3.8) is 0 Å². The second-order valence-electron chi connectivity index (χ2n) is 7.62. The molecule has 0 heterocycles. The van der Waals surface area contributed by atoms with Crippen molar-refractivity contribution in [3.8, 4) is 0 Å². The van der Waals surface area contributed by atoms with Crippen LogP contribution in [-0.2, 0) is 4.79 Å². The summed E-state index contributed by atoms with van der Waals surface area (Å²) in [7, 11) is 0. The molecule has 24 heavy (non-hydrogen) atoms. The lowest BCUT2D eigenvalue weighted by molar-refractivity contribution is -0.137. The summed E-state index contributed by atoms with van der Waals surface area (Å²) in [6.07, 6.45) is 11.0. The molecule has 4 nitrogen and oxygen atoms in total. The summed E-state index contributed by atoms with van der Waals surface area (Å²) in [5.74, 6) is 0.639. The van der Waals surface area contributed by atoms with E-state index in [0.29, 0.717) is 18.3 Å². The average molecular weight is 336 g/mol. The molecule has 0 saturated heterocycles. The standard InChI is InChI=1S/C20H32O4/c1-3-13(2)18(21)9-8-16-17-11-14(6-4-5-7-20(23)24)10-15(17)12-19(16)22/h6,8-9,13,15-19,21-22H,3-5,7,10-12H2,1-2H3,(H,23,24)/b9-8+,14-6+/t13?,15-,16+,17-,18+,19+/m0/s1. The van der Waals surface area contributed by atoms with Crippen LogP contribution in [0.15, 0.2) is 23.8 Å². The normalized spacial score (nSPS) is 33.9. The van der Waals surface area contributed by atoms with E-state index < -0.39 is 12.1 Å². The van der Waals surface area contributed by atoms with Gasteiger partial charge in [-0.15, -0.1) is 0 Å². The monoisotopic (exact) mass is 336 g/mol. The fourth-order valence-electron chi connectivity index (χ4n) is 4.17. The lowest BCUT2D eigenvalue weighted by atomic mass is 9.89. The number of allylic oxidation sites excluding steroid dienone is 2. The van der Waals surface area contributed by atoms with Crippen LogP contribution >= 0.6 is 0 Å². The quantitative estimate of drug-likeness (QED) is 0.468. The highest BCUT2D eigenvalue weighted by Crippen LogP contribution is 2.50. The Hall–Kier alpha value is -1.13. The van der Waals surface area contributed by atoms with E-state index in [1.165, 1.54) is 5.57 Å². The van der Waals surface area contributed by atoms with E-state index in [1.807, 2.05) is 19.1 Å². The van der Waals surface area contributed by atoms with Crippen molar-refractivity contribution in [2.75, 3.05) is 0 Å². The van der Waals surface area contributed by atoms with Crippen molar-refractivity contribution in [3.05, 3.63) is 23.8 Å². The Bertz CT molecular complexity index is 482. The number of aliphatic hydroxyl groups excluding tert-OH is 2. The van der Waals surface area contributed by atoms with Crippen LogP contribution in [0.25, 0.3) is 0 Å². The molecule has 2 fully saturated rings. The zero-order valence-electron chi connectivity index (χ0n) is 14.9. The Morgan fingerprint density at radius 1 is 1.38 bits per heavy atom. The third-order valence-electron chi connectivity index (χ3n) is 5.90. The average Bonchev–Trinajstić information content (AvgIpc) is 3.05. The van der Waals surface area contributed by atoms with Crippen LogP contribution in [0, 0.1) is 23.7 Å². The van der Waals surface area contributed by atoms with Gasteiger partial charge in [-0.05, 0) is 49.9 Å². The van der Waals surface area contributed by atoms with Gasteiger partial charge in [-0.3, -0.25) is 4.79 Å². The molecule has 0 aromatic heterocycles. The van der Waals surface area contributed by atoms with Gasteiger partial charge in [0.1, 0.15) is 0 Å². The molecule has 0 amide bonds. The first-order chi connectivity index (χ1) is 11.4. The topological polar surface area (TPSA) is 77.8 Å². The number of rotatable bonds is 8. The summed E-state index contributed by atoms with van der Waals surface area (Å²) < 4.78 is 0. The van der Waals surface area contributed by atoms with E-state index in [9.17, 15) is 15.0 Å². The fourth-order valence-corrected chi connectivity index (χ4v) is 4.17. The molecule has 0 spiro atoms. The van der Waals surface area contributed by atoms with Crippen LogP contribution in [0.3, 0.4) is 0 Å². The SMILES string of the molecule is CCC(C)[C@H](O)/C=C/[C@@H]1[C@H]2C/C(=C/CCCC(=O)O)C[C@H]2C[C@H]1O. The predicted molar refractivity (Wildman–Crippen MR) is 94.5 cm³/mol. The molecule has 0 radical (unpaired) electrons. The van der Waals surface area contributed by atoms with Crippen LogP contribution in [0.2, 0.25) is 0 Å². The van der Waals surface area contributed by atoms with Crippen molar-refractivity contribution in [2.24, 2.45) is 23.7 Å². The number of fused-ring (bicyclic) bond motifs is 1. The van der Waals surface area contributed by atoms with Crippen LogP contribution in [-0.4, -0.2) is 33.5 Å². The van der Waals surface area contributed by atoms with E-state index in [4.69, 9.17) is 5.11 Å². The van der Waals surface area contributed by atoms with Crippen LogP contribution in [0.4, 0.5) is 0 Å². The second-order valence-corrected chi connectivity index (χ2v) is 7.62. The lowest BCUT2D eigenvalue weighted by Crippen LogP contribution is -2.19. The maximum Gasteiger partial charge on any atom is 0.303 e. The molecule has 0 aromatic rings. The molecule has 2 aliphatic carbocycles. The molecule has 2 saturated carbocycles. The Kier molecular flexibility index (Phi) is 7.05. The molecular formula is C20H32O4. The van der Waals surface area contributed by atoms with Gasteiger partial charge in [-0.1, -0.05) is 44.1 Å². The first-order valence-corrected chi connectivity index (χ1v) is 9.36. The highest BCUT2D eigenvalue weighted by molar-refractivity contribution is 5.66. The molecular weight excluding hydrogens is 304 g/mol. The zero-order chi connectivity index (χ0) is 17.7. The number of carboxylic acid groups (broad SMARTS) is 1. The van der Waals surface area contributed by atoms with Crippen molar-refractivity contribution < 1.29 is 20.1 Å². The minimum absolute atomic E-state index is 0.138. The third kappa shape index (κ3) is 4.93. The molecule has 6 atom stereocenters. The number of carboxylic acids is 1. The van der Waals surface area contributed by atoms with Gasteiger partial charge in [-0.2, -0.15) is 0 Å². The largest absolute Gasteiger partial charge is 0.481 e. The molecule has 2 rings (SSSR count). The van der Waals surface area contributed by atoms with Gasteiger partial charge in [0, 0.05) is 12.3 Å². The van der Waals surface area contributed by atoms with Gasteiger partial charge in [0.05, 0.1) is 12.2 Å². The molecule has 0 aromatic carbocycles. The van der Waals surface area contributed by atoms with Crippen LogP contribution < -0.4 is 0 Å². The zero-order valence-corrected chi connectivity index (χ0v) is 14.9. The van der Waals surface area contributed by atoms with Crippen molar-refractivity contribution >= 4 is 5.97 Å². The first kappa shape index (κ1) is 19.2. The Balaban J connectivity index is 1.90. The maximum atomic E-state index is 10.6. The highest BCUT2D eigenvalue weighted by atomic mass is 16.4. The predicted octanol–water partition coefficient (Wildman–Crippen LogP) is 3.54. The van der Waals surface area contributed by atoms with Crippen molar-refractivity contribution in [1.82, 2.24) is 0 Å². The Morgan fingerprint density at radius 3 is 2.79 bits per heavy atom. The number of aliphatic carboxylic acids is 1. The molecule has 0 bridgehead atoms. The second kappa shape index (κ2) is 8.82. The molecule has 1 unspecified atom stereocenters. The lowest BCUT2D eigenvalue weighted by Gasteiger charge is -2.19. The highest BCUT2D eigenvalue weighted by Gasteiger charge is 2.44. The number of aliphatic hydroxyl groups is 2. The smallest absolute Gasteiger partial charge is 0.303 e. The van der Waals surface area contributed by atoms with Crippen molar-refractivity contribution in [2.45, 2.75) is 71.0 Å². The van der Waals surface area contributed by atoms with E-state index in [0.717, 1.165) is 32.1 Å². The van der Waals surface area contributed by atoms with Gasteiger partial charge in [0.25, 0.3) is 0 Å². The summed E-state index contributed by atoms with van der Waals surface area (Å²) in [6, 6.07) is 0. The molecule has 4 heteroatoms. The van der Waals surface area contributed by atoms with Gasteiger partial charge in [-0.25, -0.2) is 0 Å². The summed E-state index contributed by atoms with van der Waals surface area (Å²) in [6.45, 7) is 4.11. The number of hydrogen-bond acceptors (Lipinski definition) is 3. The van der Waals surface area contributed by atoms with Gasteiger partial charge in [0.15, 0.2) is 0 Å². The van der Waals surface area contributed by atoms with Gasteiger partial charge in [0.2, 0.25) is 0 Å². The molecule has 0 aliphatic heterocycles. The molecule has 136 valence electrons.